The number of aromatic amines is 1. The van der Waals surface area contributed by atoms with E-state index in [4.69, 9.17) is 0 Å². The highest BCUT2D eigenvalue weighted by atomic mass is 19.1. The maximum atomic E-state index is 14.4. The fourth-order valence-corrected chi connectivity index (χ4v) is 4.61. The number of aromatic nitrogens is 3. The van der Waals surface area contributed by atoms with Crippen LogP contribution in [0.15, 0.2) is 35.4 Å². The van der Waals surface area contributed by atoms with Crippen LogP contribution in [0.3, 0.4) is 0 Å². The van der Waals surface area contributed by atoms with Gasteiger partial charge in [0.2, 0.25) is 0 Å². The number of carbonyl (C=O) groups excluding carboxylic acids is 1. The molecular formula is C24H27FN6O3. The van der Waals surface area contributed by atoms with E-state index in [2.05, 4.69) is 25.2 Å². The van der Waals surface area contributed by atoms with Gasteiger partial charge in [0.25, 0.3) is 11.5 Å². The average molecular weight is 467 g/mol. The summed E-state index contributed by atoms with van der Waals surface area (Å²) < 4.78 is 14.4. The number of carbonyl (C=O) groups is 1. The van der Waals surface area contributed by atoms with Gasteiger partial charge in [-0.25, -0.2) is 9.37 Å². The largest absolute Gasteiger partial charge is 0.394 e. The molecule has 0 aromatic carbocycles. The van der Waals surface area contributed by atoms with Gasteiger partial charge in [-0.2, -0.15) is 0 Å². The molecule has 4 heterocycles. The van der Waals surface area contributed by atoms with Gasteiger partial charge in [0.15, 0.2) is 11.5 Å². The van der Waals surface area contributed by atoms with E-state index in [0.29, 0.717) is 37.8 Å². The summed E-state index contributed by atoms with van der Waals surface area (Å²) in [6.45, 7) is 2.31. The summed E-state index contributed by atoms with van der Waals surface area (Å²) in [5.74, 6) is -0.913. The second-order valence-corrected chi connectivity index (χ2v) is 8.97. The number of aliphatic hydroxyl groups is 1. The number of hydrogen-bond acceptors (Lipinski definition) is 7. The van der Waals surface area contributed by atoms with Gasteiger partial charge in [0.05, 0.1) is 35.6 Å². The molecule has 3 N–H and O–H groups in total. The van der Waals surface area contributed by atoms with Crippen molar-refractivity contribution < 1.29 is 14.3 Å². The molecule has 1 amide bonds. The van der Waals surface area contributed by atoms with E-state index >= 15 is 0 Å². The molecule has 2 aliphatic rings. The van der Waals surface area contributed by atoms with E-state index in [9.17, 15) is 19.1 Å². The smallest absolute Gasteiger partial charge is 0.272 e. The van der Waals surface area contributed by atoms with Crippen LogP contribution in [-0.4, -0.2) is 70.2 Å². The predicted molar refractivity (Wildman–Crippen MR) is 125 cm³/mol. The number of piperazine rings is 1. The minimum Gasteiger partial charge on any atom is -0.394 e. The van der Waals surface area contributed by atoms with Crippen LogP contribution < -0.4 is 15.8 Å². The zero-order valence-corrected chi connectivity index (χ0v) is 18.9. The summed E-state index contributed by atoms with van der Waals surface area (Å²) >= 11 is 0. The van der Waals surface area contributed by atoms with Gasteiger partial charge in [-0.3, -0.25) is 19.5 Å². The standard InChI is InChI=1S/C24H27FN6O3/c1-26-24(34)22-19(25)7-16(10-28-22)31-5-4-30(12-17(31)13-32)11-14-6-21-20(27-9-14)8-18(15-2-3-15)23(33)29-21/h6-10,15,17,32H,2-5,11-13H2,1H3,(H,26,34)(H,29,33)/t17-/m1/s1. The van der Waals surface area contributed by atoms with Crippen molar-refractivity contribution in [2.24, 2.45) is 0 Å². The lowest BCUT2D eigenvalue weighted by Crippen LogP contribution is -2.54. The molecule has 1 saturated heterocycles. The Morgan fingerprint density at radius 3 is 2.76 bits per heavy atom. The Morgan fingerprint density at radius 1 is 1.24 bits per heavy atom. The minimum absolute atomic E-state index is 0.0359. The van der Waals surface area contributed by atoms with Crippen LogP contribution in [0.2, 0.25) is 0 Å². The van der Waals surface area contributed by atoms with Gasteiger partial charge >= 0.3 is 0 Å². The fraction of sp³-hybridized carbons (Fsp3) is 0.417. The first-order valence-electron chi connectivity index (χ1n) is 11.5. The molecule has 1 atom stereocenters. The van der Waals surface area contributed by atoms with Crippen molar-refractivity contribution in [3.63, 3.8) is 0 Å². The number of pyridine rings is 3. The number of hydrogen-bond donors (Lipinski definition) is 3. The first-order valence-corrected chi connectivity index (χ1v) is 11.5. The van der Waals surface area contributed by atoms with Gasteiger partial charge in [0.1, 0.15) is 0 Å². The third kappa shape index (κ3) is 4.38. The molecule has 2 fully saturated rings. The Morgan fingerprint density at radius 2 is 2.06 bits per heavy atom. The lowest BCUT2D eigenvalue weighted by Gasteiger charge is -2.42. The molecule has 10 heteroatoms. The van der Waals surface area contributed by atoms with Crippen molar-refractivity contribution in [3.8, 4) is 0 Å². The second-order valence-electron chi connectivity index (χ2n) is 8.97. The molecule has 34 heavy (non-hydrogen) atoms. The molecular weight excluding hydrogens is 439 g/mol. The lowest BCUT2D eigenvalue weighted by molar-refractivity contribution is 0.0953. The highest BCUT2D eigenvalue weighted by molar-refractivity contribution is 5.92. The van der Waals surface area contributed by atoms with Gasteiger partial charge in [0, 0.05) is 51.1 Å². The Balaban J connectivity index is 1.29. The molecule has 178 valence electrons. The zero-order chi connectivity index (χ0) is 23.8. The zero-order valence-electron chi connectivity index (χ0n) is 18.9. The van der Waals surface area contributed by atoms with E-state index in [1.54, 1.807) is 0 Å². The second kappa shape index (κ2) is 9.11. The monoisotopic (exact) mass is 466 g/mol. The quantitative estimate of drug-likeness (QED) is 0.503. The van der Waals surface area contributed by atoms with Gasteiger partial charge in [-0.1, -0.05) is 0 Å². The van der Waals surface area contributed by atoms with Crippen molar-refractivity contribution in [2.75, 3.05) is 38.2 Å². The number of halogens is 1. The van der Waals surface area contributed by atoms with Crippen LogP contribution in [0.4, 0.5) is 10.1 Å². The van der Waals surface area contributed by atoms with Crippen LogP contribution in [0.5, 0.6) is 0 Å². The Hall–Kier alpha value is -3.37. The summed E-state index contributed by atoms with van der Waals surface area (Å²) in [5.41, 5.74) is 3.54. The molecule has 3 aromatic rings. The fourth-order valence-electron chi connectivity index (χ4n) is 4.61. The molecule has 1 saturated carbocycles. The van der Waals surface area contributed by atoms with Gasteiger partial charge in [-0.05, 0) is 36.5 Å². The number of fused-ring (bicyclic) bond motifs is 1. The first-order chi connectivity index (χ1) is 16.5. The van der Waals surface area contributed by atoms with Crippen molar-refractivity contribution >= 4 is 22.6 Å². The highest BCUT2D eigenvalue weighted by Gasteiger charge is 2.29. The molecule has 1 aliphatic heterocycles. The molecule has 1 aliphatic carbocycles. The summed E-state index contributed by atoms with van der Waals surface area (Å²) in [6, 6.07) is 4.89. The van der Waals surface area contributed by atoms with Crippen LogP contribution >= 0.6 is 0 Å². The van der Waals surface area contributed by atoms with E-state index in [-0.39, 0.29) is 23.9 Å². The number of aliphatic hydroxyl groups excluding tert-OH is 1. The van der Waals surface area contributed by atoms with Crippen LogP contribution in [-0.2, 0) is 6.54 Å². The summed E-state index contributed by atoms with van der Waals surface area (Å²) in [6.07, 6.45) is 5.41. The summed E-state index contributed by atoms with van der Waals surface area (Å²) in [5, 5.41) is 12.4. The lowest BCUT2D eigenvalue weighted by atomic mass is 10.1. The van der Waals surface area contributed by atoms with Crippen molar-refractivity contribution in [3.05, 3.63) is 63.6 Å². The Labute approximate surface area is 195 Å². The van der Waals surface area contributed by atoms with E-state index in [0.717, 1.165) is 35.0 Å². The number of amides is 1. The molecule has 5 rings (SSSR count). The van der Waals surface area contributed by atoms with Crippen LogP contribution in [0.1, 0.15) is 40.4 Å². The van der Waals surface area contributed by atoms with Gasteiger partial charge < -0.3 is 20.3 Å². The normalized spacial score (nSPS) is 18.9. The summed E-state index contributed by atoms with van der Waals surface area (Å²) in [7, 11) is 1.42. The molecule has 9 nitrogen and oxygen atoms in total. The maximum absolute atomic E-state index is 14.4. The molecule has 3 aromatic heterocycles. The van der Waals surface area contributed by atoms with E-state index < -0.39 is 11.7 Å². The summed E-state index contributed by atoms with van der Waals surface area (Å²) in [4.78, 5) is 39.7. The maximum Gasteiger partial charge on any atom is 0.272 e. The third-order valence-electron chi connectivity index (χ3n) is 6.58. The van der Waals surface area contributed by atoms with Crippen LogP contribution in [0.25, 0.3) is 11.0 Å². The van der Waals surface area contributed by atoms with Crippen LogP contribution in [0, 0.1) is 5.82 Å². The molecule has 0 bridgehead atoms. The number of H-pyrrole nitrogens is 1. The molecule has 0 unspecified atom stereocenters. The topological polar surface area (TPSA) is 114 Å². The van der Waals surface area contributed by atoms with E-state index in [1.165, 1.54) is 19.3 Å². The predicted octanol–water partition coefficient (Wildman–Crippen LogP) is 1.38. The van der Waals surface area contributed by atoms with Crippen molar-refractivity contribution in [1.82, 2.24) is 25.2 Å². The Bertz CT molecular complexity index is 1290. The van der Waals surface area contributed by atoms with Crippen molar-refractivity contribution in [2.45, 2.75) is 31.3 Å². The number of nitrogens with one attached hydrogen (secondary N) is 2. The number of nitrogens with zero attached hydrogens (tertiary/aromatic N) is 4. The third-order valence-corrected chi connectivity index (χ3v) is 6.58. The Kier molecular flexibility index (Phi) is 6.01. The SMILES string of the molecule is CNC(=O)c1ncc(N2CCN(Cc3cnc4cc(C5CC5)c(=O)[nH]c4c3)C[C@@H]2CO)cc1F. The van der Waals surface area contributed by atoms with E-state index in [1.807, 2.05) is 23.2 Å². The molecule has 0 spiro atoms. The minimum atomic E-state index is -0.697. The highest BCUT2D eigenvalue weighted by Crippen LogP contribution is 2.38. The van der Waals surface area contributed by atoms with Crippen molar-refractivity contribution in [1.29, 1.82) is 0 Å². The number of rotatable bonds is 6. The number of anilines is 1. The average Bonchev–Trinajstić information content (AvgIpc) is 3.68. The van der Waals surface area contributed by atoms with Gasteiger partial charge in [-0.15, -0.1) is 0 Å². The first kappa shape index (κ1) is 22.4. The molecule has 0 radical (unpaired) electrons.